The third-order valence-corrected chi connectivity index (χ3v) is 4.17. The van der Waals surface area contributed by atoms with E-state index in [0.717, 1.165) is 51.1 Å². The van der Waals surface area contributed by atoms with Gasteiger partial charge in [0.05, 0.1) is 0 Å². The van der Waals surface area contributed by atoms with Gasteiger partial charge >= 0.3 is 0 Å². The zero-order valence-electron chi connectivity index (χ0n) is 13.5. The van der Waals surface area contributed by atoms with E-state index in [9.17, 15) is 9.59 Å². The Morgan fingerprint density at radius 2 is 1.95 bits per heavy atom. The van der Waals surface area contributed by atoms with Crippen LogP contribution in [0.3, 0.4) is 0 Å². The maximum Gasteiger partial charge on any atom is 0.253 e. The first-order valence-electron chi connectivity index (χ1n) is 7.95. The fourth-order valence-electron chi connectivity index (χ4n) is 2.92. The molecule has 0 unspecified atom stereocenters. The summed E-state index contributed by atoms with van der Waals surface area (Å²) in [6, 6.07) is 5.18. The molecule has 0 spiro atoms. The molecule has 0 atom stereocenters. The predicted molar refractivity (Wildman–Crippen MR) is 86.9 cm³/mol. The van der Waals surface area contributed by atoms with Crippen molar-refractivity contribution >= 4 is 11.8 Å². The zero-order valence-corrected chi connectivity index (χ0v) is 13.5. The lowest BCUT2D eigenvalue weighted by Crippen LogP contribution is -2.35. The summed E-state index contributed by atoms with van der Waals surface area (Å²) in [4.78, 5) is 28.4. The van der Waals surface area contributed by atoms with Crippen LogP contribution >= 0.6 is 0 Å². The molecule has 120 valence electrons. The topological polar surface area (TPSA) is 66.6 Å². The smallest absolute Gasteiger partial charge is 0.253 e. The number of hydrogen-bond acceptors (Lipinski definition) is 3. The molecule has 1 fully saturated rings. The van der Waals surface area contributed by atoms with E-state index in [4.69, 9.17) is 5.73 Å². The Hall–Kier alpha value is -1.88. The fraction of sp³-hybridized carbons (Fsp3) is 0.529. The standard InChI is InChI=1S/C17H25N3O2/c1-3-7-19-8-4-9-20(11-10-19)17(22)14-6-5-13(2)15(12-14)16(18)21/h5-6,12H,3-4,7-11H2,1-2H3,(H2,18,21). The predicted octanol–water partition coefficient (Wildman–Crippen LogP) is 1.65. The molecule has 0 radical (unpaired) electrons. The highest BCUT2D eigenvalue weighted by atomic mass is 16.2. The highest BCUT2D eigenvalue weighted by Crippen LogP contribution is 2.14. The molecule has 2 amide bonds. The van der Waals surface area contributed by atoms with Crippen LogP contribution in [-0.4, -0.2) is 54.3 Å². The summed E-state index contributed by atoms with van der Waals surface area (Å²) in [5.74, 6) is -0.502. The van der Waals surface area contributed by atoms with Gasteiger partial charge in [0.25, 0.3) is 5.91 Å². The average molecular weight is 303 g/mol. The number of hydrogen-bond donors (Lipinski definition) is 1. The normalized spacial score (nSPS) is 16.4. The van der Waals surface area contributed by atoms with Crippen molar-refractivity contribution in [2.24, 2.45) is 5.73 Å². The maximum atomic E-state index is 12.7. The first-order chi connectivity index (χ1) is 10.5. The number of nitrogens with two attached hydrogens (primary N) is 1. The van der Waals surface area contributed by atoms with Gasteiger partial charge in [0, 0.05) is 30.8 Å². The number of carbonyl (C=O) groups excluding carboxylic acids is 2. The fourth-order valence-corrected chi connectivity index (χ4v) is 2.92. The van der Waals surface area contributed by atoms with Gasteiger partial charge in [-0.2, -0.15) is 0 Å². The summed E-state index contributed by atoms with van der Waals surface area (Å²) in [5.41, 5.74) is 7.14. The minimum atomic E-state index is -0.489. The van der Waals surface area contributed by atoms with Crippen molar-refractivity contribution in [3.63, 3.8) is 0 Å². The van der Waals surface area contributed by atoms with Crippen LogP contribution in [0, 0.1) is 6.92 Å². The summed E-state index contributed by atoms with van der Waals surface area (Å²) in [7, 11) is 0. The van der Waals surface area contributed by atoms with Gasteiger partial charge < -0.3 is 15.5 Å². The molecular formula is C17H25N3O2. The van der Waals surface area contributed by atoms with Crippen molar-refractivity contribution in [3.05, 3.63) is 34.9 Å². The van der Waals surface area contributed by atoms with Gasteiger partial charge in [-0.25, -0.2) is 0 Å². The molecule has 0 saturated carbocycles. The third kappa shape index (κ3) is 3.85. The van der Waals surface area contributed by atoms with Crippen LogP contribution < -0.4 is 5.73 Å². The van der Waals surface area contributed by atoms with Crippen LogP contribution in [0.25, 0.3) is 0 Å². The molecular weight excluding hydrogens is 278 g/mol. The number of aryl methyl sites for hydroxylation is 1. The summed E-state index contributed by atoms with van der Waals surface area (Å²) in [6.45, 7) is 8.52. The molecule has 1 aromatic carbocycles. The van der Waals surface area contributed by atoms with Crippen molar-refractivity contribution in [2.45, 2.75) is 26.7 Å². The number of amides is 2. The Morgan fingerprint density at radius 1 is 1.18 bits per heavy atom. The summed E-state index contributed by atoms with van der Waals surface area (Å²) in [5, 5.41) is 0. The Kier molecular flexibility index (Phi) is 5.55. The molecule has 2 rings (SSSR count). The second-order valence-corrected chi connectivity index (χ2v) is 5.88. The van der Waals surface area contributed by atoms with E-state index in [0.29, 0.717) is 11.1 Å². The van der Waals surface area contributed by atoms with Crippen LogP contribution in [0.4, 0.5) is 0 Å². The minimum absolute atomic E-state index is 0.0131. The number of rotatable bonds is 4. The summed E-state index contributed by atoms with van der Waals surface area (Å²) < 4.78 is 0. The van der Waals surface area contributed by atoms with Crippen LogP contribution in [0.15, 0.2) is 18.2 Å². The second kappa shape index (κ2) is 7.40. The Morgan fingerprint density at radius 3 is 2.64 bits per heavy atom. The van der Waals surface area contributed by atoms with E-state index in [-0.39, 0.29) is 5.91 Å². The first kappa shape index (κ1) is 16.5. The molecule has 0 aromatic heterocycles. The Balaban J connectivity index is 2.11. The van der Waals surface area contributed by atoms with Gasteiger partial charge in [0.1, 0.15) is 0 Å². The van der Waals surface area contributed by atoms with Crippen molar-refractivity contribution in [1.82, 2.24) is 9.80 Å². The molecule has 1 aliphatic heterocycles. The zero-order chi connectivity index (χ0) is 16.1. The lowest BCUT2D eigenvalue weighted by atomic mass is 10.0. The van der Waals surface area contributed by atoms with E-state index in [2.05, 4.69) is 11.8 Å². The van der Waals surface area contributed by atoms with Crippen molar-refractivity contribution in [2.75, 3.05) is 32.7 Å². The van der Waals surface area contributed by atoms with Crippen molar-refractivity contribution in [3.8, 4) is 0 Å². The van der Waals surface area contributed by atoms with Gasteiger partial charge in [-0.1, -0.05) is 13.0 Å². The van der Waals surface area contributed by atoms with Gasteiger partial charge in [-0.3, -0.25) is 9.59 Å². The van der Waals surface area contributed by atoms with Crippen LogP contribution in [0.1, 0.15) is 46.0 Å². The van der Waals surface area contributed by atoms with E-state index < -0.39 is 5.91 Å². The number of nitrogens with zero attached hydrogens (tertiary/aromatic N) is 2. The lowest BCUT2D eigenvalue weighted by molar-refractivity contribution is 0.0761. The lowest BCUT2D eigenvalue weighted by Gasteiger charge is -2.22. The van der Waals surface area contributed by atoms with E-state index in [1.165, 1.54) is 0 Å². The SMILES string of the molecule is CCCN1CCCN(C(=O)c2ccc(C)c(C(N)=O)c2)CC1. The number of primary amides is 1. The molecule has 2 N–H and O–H groups in total. The minimum Gasteiger partial charge on any atom is -0.366 e. The molecule has 5 nitrogen and oxygen atoms in total. The third-order valence-electron chi connectivity index (χ3n) is 4.17. The molecule has 0 bridgehead atoms. The van der Waals surface area contributed by atoms with Gasteiger partial charge in [-0.05, 0) is 50.6 Å². The molecule has 5 heteroatoms. The van der Waals surface area contributed by atoms with Gasteiger partial charge in [0.2, 0.25) is 5.91 Å². The number of carbonyl (C=O) groups is 2. The molecule has 0 aliphatic carbocycles. The largest absolute Gasteiger partial charge is 0.366 e. The summed E-state index contributed by atoms with van der Waals surface area (Å²) >= 11 is 0. The molecule has 1 aliphatic rings. The van der Waals surface area contributed by atoms with Crippen molar-refractivity contribution < 1.29 is 9.59 Å². The van der Waals surface area contributed by atoms with Crippen molar-refractivity contribution in [1.29, 1.82) is 0 Å². The van der Waals surface area contributed by atoms with Gasteiger partial charge in [0.15, 0.2) is 0 Å². The first-order valence-corrected chi connectivity index (χ1v) is 7.95. The number of benzene rings is 1. The summed E-state index contributed by atoms with van der Waals surface area (Å²) in [6.07, 6.45) is 2.12. The Bertz CT molecular complexity index is 557. The molecule has 1 heterocycles. The molecule has 1 saturated heterocycles. The van der Waals surface area contributed by atoms with Crippen LogP contribution in [0.5, 0.6) is 0 Å². The second-order valence-electron chi connectivity index (χ2n) is 5.88. The van der Waals surface area contributed by atoms with Gasteiger partial charge in [-0.15, -0.1) is 0 Å². The van der Waals surface area contributed by atoms with Crippen LogP contribution in [-0.2, 0) is 0 Å². The van der Waals surface area contributed by atoms with E-state index in [1.54, 1.807) is 18.2 Å². The molecule has 22 heavy (non-hydrogen) atoms. The Labute approximate surface area is 132 Å². The molecule has 1 aromatic rings. The highest BCUT2D eigenvalue weighted by molar-refractivity contribution is 6.00. The van der Waals surface area contributed by atoms with E-state index >= 15 is 0 Å². The average Bonchev–Trinajstić information content (AvgIpc) is 2.73. The monoisotopic (exact) mass is 303 g/mol. The van der Waals surface area contributed by atoms with E-state index in [1.807, 2.05) is 11.8 Å². The highest BCUT2D eigenvalue weighted by Gasteiger charge is 2.21. The maximum absolute atomic E-state index is 12.7. The quantitative estimate of drug-likeness (QED) is 0.919. The van der Waals surface area contributed by atoms with Crippen LogP contribution in [0.2, 0.25) is 0 Å².